The van der Waals surface area contributed by atoms with Crippen LogP contribution in [0.1, 0.15) is 45.3 Å². The normalized spacial score (nSPS) is 25.5. The van der Waals surface area contributed by atoms with Crippen LogP contribution in [0.4, 0.5) is 0 Å². The van der Waals surface area contributed by atoms with Crippen LogP contribution in [0.5, 0.6) is 0 Å². The van der Waals surface area contributed by atoms with Crippen molar-refractivity contribution < 1.29 is 4.74 Å². The van der Waals surface area contributed by atoms with Gasteiger partial charge in [-0.15, -0.1) is 5.10 Å². The minimum absolute atomic E-state index is 0.307. The number of aryl methyl sites for hydroxylation is 1. The van der Waals surface area contributed by atoms with E-state index < -0.39 is 0 Å². The molecular weight excluding hydrogens is 228 g/mol. The summed E-state index contributed by atoms with van der Waals surface area (Å²) < 4.78 is 7.72. The minimum atomic E-state index is 0.307. The van der Waals surface area contributed by atoms with Crippen molar-refractivity contribution in [3.05, 3.63) is 11.9 Å². The Morgan fingerprint density at radius 1 is 1.56 bits per heavy atom. The Kier molecular flexibility index (Phi) is 4.72. The Morgan fingerprint density at radius 2 is 2.39 bits per heavy atom. The van der Waals surface area contributed by atoms with E-state index in [-0.39, 0.29) is 0 Å². The van der Waals surface area contributed by atoms with Crippen molar-refractivity contribution in [1.29, 1.82) is 0 Å². The second-order valence-electron chi connectivity index (χ2n) is 5.06. The SMILES string of the molecule is CCCn1nncc1C(NCC)C1COC(C)C1. The Labute approximate surface area is 109 Å². The summed E-state index contributed by atoms with van der Waals surface area (Å²) in [5.74, 6) is 0.522. The van der Waals surface area contributed by atoms with Crippen molar-refractivity contribution in [3.8, 4) is 0 Å². The molecule has 3 unspecified atom stereocenters. The van der Waals surface area contributed by atoms with Gasteiger partial charge in [-0.2, -0.15) is 0 Å². The van der Waals surface area contributed by atoms with Gasteiger partial charge in [0, 0.05) is 12.5 Å². The van der Waals surface area contributed by atoms with E-state index >= 15 is 0 Å². The fourth-order valence-electron chi connectivity index (χ4n) is 2.71. The minimum Gasteiger partial charge on any atom is -0.378 e. The zero-order valence-electron chi connectivity index (χ0n) is 11.6. The average molecular weight is 252 g/mol. The fraction of sp³-hybridized carbons (Fsp3) is 0.846. The van der Waals surface area contributed by atoms with E-state index in [4.69, 9.17) is 4.74 Å². The quantitative estimate of drug-likeness (QED) is 0.838. The molecule has 2 rings (SSSR count). The summed E-state index contributed by atoms with van der Waals surface area (Å²) in [5.41, 5.74) is 1.20. The van der Waals surface area contributed by atoms with Gasteiger partial charge in [0.1, 0.15) is 0 Å². The summed E-state index contributed by atoms with van der Waals surface area (Å²) in [6.07, 6.45) is 4.44. The summed E-state index contributed by atoms with van der Waals surface area (Å²) in [6, 6.07) is 0.307. The number of ether oxygens (including phenoxy) is 1. The van der Waals surface area contributed by atoms with Crippen LogP contribution < -0.4 is 5.32 Å². The van der Waals surface area contributed by atoms with Gasteiger partial charge < -0.3 is 10.1 Å². The lowest BCUT2D eigenvalue weighted by atomic mass is 9.94. The first kappa shape index (κ1) is 13.5. The van der Waals surface area contributed by atoms with Gasteiger partial charge in [0.15, 0.2) is 0 Å². The van der Waals surface area contributed by atoms with Crippen LogP contribution in [-0.2, 0) is 11.3 Å². The molecule has 0 bridgehead atoms. The molecule has 102 valence electrons. The Hall–Kier alpha value is -0.940. The molecule has 3 atom stereocenters. The second-order valence-corrected chi connectivity index (χ2v) is 5.06. The maximum Gasteiger partial charge on any atom is 0.0760 e. The van der Waals surface area contributed by atoms with E-state index in [0.29, 0.717) is 18.1 Å². The standard InChI is InChI=1S/C13H24N4O/c1-4-6-17-12(8-15-16-17)13(14-5-2)11-7-10(3)18-9-11/h8,10-11,13-14H,4-7,9H2,1-3H3. The van der Waals surface area contributed by atoms with Crippen LogP contribution in [-0.4, -0.2) is 34.2 Å². The molecule has 1 aliphatic rings. The van der Waals surface area contributed by atoms with Crippen molar-refractivity contribution in [2.24, 2.45) is 5.92 Å². The van der Waals surface area contributed by atoms with Gasteiger partial charge in [0.2, 0.25) is 0 Å². The van der Waals surface area contributed by atoms with Gasteiger partial charge in [-0.05, 0) is 26.3 Å². The van der Waals surface area contributed by atoms with Gasteiger partial charge in [-0.25, -0.2) is 4.68 Å². The highest BCUT2D eigenvalue weighted by Gasteiger charge is 2.32. The van der Waals surface area contributed by atoms with E-state index in [1.54, 1.807) is 0 Å². The Balaban J connectivity index is 2.15. The number of hydrogen-bond donors (Lipinski definition) is 1. The van der Waals surface area contributed by atoms with Crippen molar-refractivity contribution in [2.75, 3.05) is 13.2 Å². The maximum absolute atomic E-state index is 5.70. The van der Waals surface area contributed by atoms with Gasteiger partial charge in [0.25, 0.3) is 0 Å². The third-order valence-electron chi connectivity index (χ3n) is 3.53. The summed E-state index contributed by atoms with van der Waals surface area (Å²) in [5, 5.41) is 11.8. The van der Waals surface area contributed by atoms with Crippen LogP contribution in [0.15, 0.2) is 6.20 Å². The molecule has 0 aromatic carbocycles. The van der Waals surface area contributed by atoms with Crippen molar-refractivity contribution in [1.82, 2.24) is 20.3 Å². The molecule has 1 N–H and O–H groups in total. The monoisotopic (exact) mass is 252 g/mol. The molecule has 1 aromatic heterocycles. The molecule has 1 aliphatic heterocycles. The van der Waals surface area contributed by atoms with Crippen molar-refractivity contribution in [3.63, 3.8) is 0 Å². The molecule has 1 saturated heterocycles. The molecule has 1 fully saturated rings. The fourth-order valence-corrected chi connectivity index (χ4v) is 2.71. The zero-order valence-corrected chi connectivity index (χ0v) is 11.6. The number of nitrogens with one attached hydrogen (secondary N) is 1. The van der Waals surface area contributed by atoms with Crippen LogP contribution in [0.3, 0.4) is 0 Å². The Bertz CT molecular complexity index is 366. The summed E-state index contributed by atoms with van der Waals surface area (Å²) in [4.78, 5) is 0. The molecule has 5 nitrogen and oxygen atoms in total. The number of hydrogen-bond acceptors (Lipinski definition) is 4. The lowest BCUT2D eigenvalue weighted by Crippen LogP contribution is -2.31. The second kappa shape index (κ2) is 6.29. The number of aromatic nitrogens is 3. The van der Waals surface area contributed by atoms with Crippen molar-refractivity contribution in [2.45, 2.75) is 52.3 Å². The van der Waals surface area contributed by atoms with Gasteiger partial charge >= 0.3 is 0 Å². The summed E-state index contributed by atoms with van der Waals surface area (Å²) in [6.45, 7) is 9.16. The first-order chi connectivity index (χ1) is 8.76. The zero-order chi connectivity index (χ0) is 13.0. The van der Waals surface area contributed by atoms with Gasteiger partial charge in [-0.1, -0.05) is 19.1 Å². The molecule has 0 spiro atoms. The number of rotatable bonds is 6. The smallest absolute Gasteiger partial charge is 0.0760 e. The molecule has 0 saturated carbocycles. The van der Waals surface area contributed by atoms with Crippen LogP contribution in [0.25, 0.3) is 0 Å². The lowest BCUT2D eigenvalue weighted by Gasteiger charge is -2.23. The van der Waals surface area contributed by atoms with E-state index in [1.807, 2.05) is 10.9 Å². The van der Waals surface area contributed by atoms with E-state index in [9.17, 15) is 0 Å². The summed E-state index contributed by atoms with van der Waals surface area (Å²) in [7, 11) is 0. The largest absolute Gasteiger partial charge is 0.378 e. The van der Waals surface area contributed by atoms with Crippen LogP contribution in [0, 0.1) is 5.92 Å². The summed E-state index contributed by atoms with van der Waals surface area (Å²) >= 11 is 0. The molecule has 5 heteroatoms. The first-order valence-corrected chi connectivity index (χ1v) is 6.99. The van der Waals surface area contributed by atoms with E-state index in [2.05, 4.69) is 36.4 Å². The van der Waals surface area contributed by atoms with Crippen molar-refractivity contribution >= 4 is 0 Å². The highest BCUT2D eigenvalue weighted by Crippen LogP contribution is 2.31. The van der Waals surface area contributed by atoms with Crippen LogP contribution in [0.2, 0.25) is 0 Å². The average Bonchev–Trinajstić information content (AvgIpc) is 2.96. The predicted molar refractivity (Wildman–Crippen MR) is 70.3 cm³/mol. The third-order valence-corrected chi connectivity index (χ3v) is 3.53. The Morgan fingerprint density at radius 3 is 3.00 bits per heavy atom. The number of nitrogens with zero attached hydrogens (tertiary/aromatic N) is 3. The molecule has 18 heavy (non-hydrogen) atoms. The molecule has 0 aliphatic carbocycles. The topological polar surface area (TPSA) is 52.0 Å². The highest BCUT2D eigenvalue weighted by atomic mass is 16.5. The molecule has 2 heterocycles. The molecule has 0 radical (unpaired) electrons. The van der Waals surface area contributed by atoms with E-state index in [0.717, 1.165) is 32.5 Å². The van der Waals surface area contributed by atoms with Gasteiger partial charge in [-0.3, -0.25) is 0 Å². The molecule has 1 aromatic rings. The lowest BCUT2D eigenvalue weighted by molar-refractivity contribution is 0.116. The van der Waals surface area contributed by atoms with E-state index in [1.165, 1.54) is 5.69 Å². The molecular formula is C13H24N4O. The van der Waals surface area contributed by atoms with Crippen LogP contribution >= 0.6 is 0 Å². The first-order valence-electron chi connectivity index (χ1n) is 6.99. The third kappa shape index (κ3) is 2.90. The predicted octanol–water partition coefficient (Wildman–Crippen LogP) is 1.76. The maximum atomic E-state index is 5.70. The molecule has 0 amide bonds. The highest BCUT2D eigenvalue weighted by molar-refractivity contribution is 5.05. The van der Waals surface area contributed by atoms with Gasteiger partial charge in [0.05, 0.1) is 30.6 Å².